The normalized spacial score (nSPS) is 11.9. The minimum absolute atomic E-state index is 0.165. The van der Waals surface area contributed by atoms with Crippen LogP contribution >= 0.6 is 15.9 Å². The van der Waals surface area contributed by atoms with Crippen LogP contribution < -0.4 is 10.2 Å². The number of sulfone groups is 1. The highest BCUT2D eigenvalue weighted by Gasteiger charge is 2.08. The molecular weight excluding hydrogens is 352 g/mol. The van der Waals surface area contributed by atoms with E-state index in [1.165, 1.54) is 11.8 Å². The molecule has 0 atom stereocenters. The van der Waals surface area contributed by atoms with Crippen molar-refractivity contribution in [2.75, 3.05) is 37.0 Å². The van der Waals surface area contributed by atoms with Crippen molar-refractivity contribution < 1.29 is 8.42 Å². The predicted octanol–water partition coefficient (Wildman–Crippen LogP) is 2.68. The van der Waals surface area contributed by atoms with Crippen LogP contribution in [0.1, 0.15) is 19.4 Å². The molecule has 1 N–H and O–H groups in total. The fraction of sp³-hybridized carbons (Fsp3) is 0.600. The van der Waals surface area contributed by atoms with Crippen molar-refractivity contribution in [2.45, 2.75) is 20.4 Å². The average molecular weight is 377 g/mol. The SMILES string of the molecule is CC(C)CNCc1ccc(N(C)CCS(C)(=O)=O)cc1Br. The smallest absolute Gasteiger partial charge is 0.149 e. The van der Waals surface area contributed by atoms with Crippen molar-refractivity contribution in [3.05, 3.63) is 28.2 Å². The maximum absolute atomic E-state index is 11.2. The zero-order valence-corrected chi connectivity index (χ0v) is 15.6. The first-order valence-electron chi connectivity index (χ1n) is 7.07. The van der Waals surface area contributed by atoms with Crippen LogP contribution in [0.25, 0.3) is 0 Å². The molecule has 0 bridgehead atoms. The average Bonchev–Trinajstić information content (AvgIpc) is 2.36. The lowest BCUT2D eigenvalue weighted by molar-refractivity contribution is 0.552. The van der Waals surface area contributed by atoms with Crippen molar-refractivity contribution in [2.24, 2.45) is 5.92 Å². The predicted molar refractivity (Wildman–Crippen MR) is 93.7 cm³/mol. The Labute approximate surface area is 137 Å². The Balaban J connectivity index is 2.64. The molecule has 0 spiro atoms. The third-order valence-corrected chi connectivity index (χ3v) is 4.81. The molecule has 1 rings (SSSR count). The van der Waals surface area contributed by atoms with Crippen LogP contribution in [0.3, 0.4) is 0 Å². The standard InChI is InChI=1S/C15H25BrN2O2S/c1-12(2)10-17-11-13-5-6-14(9-15(13)16)18(3)7-8-21(4,19)20/h5-6,9,12,17H,7-8,10-11H2,1-4H3. The number of hydrogen-bond acceptors (Lipinski definition) is 4. The summed E-state index contributed by atoms with van der Waals surface area (Å²) in [6.07, 6.45) is 1.26. The van der Waals surface area contributed by atoms with E-state index >= 15 is 0 Å². The van der Waals surface area contributed by atoms with E-state index in [-0.39, 0.29) is 5.75 Å². The Bertz CT molecular complexity index is 559. The fourth-order valence-electron chi connectivity index (χ4n) is 1.84. The molecule has 21 heavy (non-hydrogen) atoms. The molecule has 4 nitrogen and oxygen atoms in total. The molecule has 1 aromatic rings. The first-order valence-corrected chi connectivity index (χ1v) is 9.92. The molecule has 0 aliphatic rings. The molecule has 6 heteroatoms. The van der Waals surface area contributed by atoms with Gasteiger partial charge in [0.2, 0.25) is 0 Å². The van der Waals surface area contributed by atoms with Gasteiger partial charge in [0.1, 0.15) is 9.84 Å². The molecule has 0 radical (unpaired) electrons. The van der Waals surface area contributed by atoms with Gasteiger partial charge in [0.25, 0.3) is 0 Å². The number of benzene rings is 1. The van der Waals surface area contributed by atoms with Gasteiger partial charge in [-0.15, -0.1) is 0 Å². The number of anilines is 1. The van der Waals surface area contributed by atoms with E-state index in [2.05, 4.69) is 41.2 Å². The summed E-state index contributed by atoms with van der Waals surface area (Å²) in [5, 5.41) is 3.41. The minimum atomic E-state index is -2.93. The molecule has 120 valence electrons. The van der Waals surface area contributed by atoms with Crippen molar-refractivity contribution in [3.63, 3.8) is 0 Å². The summed E-state index contributed by atoms with van der Waals surface area (Å²) in [7, 11) is -1.02. The van der Waals surface area contributed by atoms with E-state index < -0.39 is 9.84 Å². The van der Waals surface area contributed by atoms with Crippen molar-refractivity contribution in [3.8, 4) is 0 Å². The molecule has 0 aromatic heterocycles. The fourth-order valence-corrected chi connectivity index (χ4v) is 2.96. The van der Waals surface area contributed by atoms with Crippen LogP contribution in [0.4, 0.5) is 5.69 Å². The van der Waals surface area contributed by atoms with Crippen LogP contribution in [-0.4, -0.2) is 40.6 Å². The van der Waals surface area contributed by atoms with Gasteiger partial charge in [-0.3, -0.25) is 0 Å². The van der Waals surface area contributed by atoms with Gasteiger partial charge in [-0.2, -0.15) is 0 Å². The molecule has 0 saturated carbocycles. The molecular formula is C15H25BrN2O2S. The Morgan fingerprint density at radius 3 is 2.52 bits per heavy atom. The number of nitrogens with one attached hydrogen (secondary N) is 1. The summed E-state index contributed by atoms with van der Waals surface area (Å²) in [6.45, 7) is 6.68. The van der Waals surface area contributed by atoms with E-state index in [9.17, 15) is 8.42 Å². The van der Waals surface area contributed by atoms with Crippen molar-refractivity contribution in [1.29, 1.82) is 0 Å². The van der Waals surface area contributed by atoms with Gasteiger partial charge < -0.3 is 10.2 Å². The second-order valence-electron chi connectivity index (χ2n) is 5.85. The number of nitrogens with zero attached hydrogens (tertiary/aromatic N) is 1. The van der Waals surface area contributed by atoms with Crippen molar-refractivity contribution in [1.82, 2.24) is 5.32 Å². The van der Waals surface area contributed by atoms with Crippen molar-refractivity contribution >= 4 is 31.5 Å². The lowest BCUT2D eigenvalue weighted by Gasteiger charge is -2.20. The number of hydrogen-bond donors (Lipinski definition) is 1. The lowest BCUT2D eigenvalue weighted by atomic mass is 10.1. The summed E-state index contributed by atoms with van der Waals surface area (Å²) < 4.78 is 23.5. The lowest BCUT2D eigenvalue weighted by Crippen LogP contribution is -2.25. The van der Waals surface area contributed by atoms with E-state index in [4.69, 9.17) is 0 Å². The highest BCUT2D eigenvalue weighted by Crippen LogP contribution is 2.23. The Hall–Kier alpha value is -0.590. The topological polar surface area (TPSA) is 49.4 Å². The summed E-state index contributed by atoms with van der Waals surface area (Å²) >= 11 is 3.59. The van der Waals surface area contributed by atoms with Crippen LogP contribution in [0.2, 0.25) is 0 Å². The van der Waals surface area contributed by atoms with E-state index in [0.717, 1.165) is 23.2 Å². The van der Waals surface area contributed by atoms with E-state index in [0.29, 0.717) is 12.5 Å². The zero-order chi connectivity index (χ0) is 16.0. The van der Waals surface area contributed by atoms with Gasteiger partial charge in [0.15, 0.2) is 0 Å². The Morgan fingerprint density at radius 1 is 1.33 bits per heavy atom. The minimum Gasteiger partial charge on any atom is -0.374 e. The molecule has 0 saturated heterocycles. The number of rotatable bonds is 8. The molecule has 0 unspecified atom stereocenters. The maximum atomic E-state index is 11.2. The second kappa shape index (κ2) is 8.15. The molecule has 0 aliphatic carbocycles. The quantitative estimate of drug-likeness (QED) is 0.757. The van der Waals surface area contributed by atoms with Gasteiger partial charge in [0, 0.05) is 36.6 Å². The van der Waals surface area contributed by atoms with Gasteiger partial charge in [-0.05, 0) is 30.2 Å². The third-order valence-electron chi connectivity index (χ3n) is 3.14. The van der Waals surface area contributed by atoms with Gasteiger partial charge in [-0.25, -0.2) is 8.42 Å². The van der Waals surface area contributed by atoms with Gasteiger partial charge in [0.05, 0.1) is 5.75 Å². The second-order valence-corrected chi connectivity index (χ2v) is 8.97. The van der Waals surface area contributed by atoms with Gasteiger partial charge >= 0.3 is 0 Å². The highest BCUT2D eigenvalue weighted by molar-refractivity contribution is 9.10. The number of halogens is 1. The Morgan fingerprint density at radius 2 is 2.00 bits per heavy atom. The van der Waals surface area contributed by atoms with Crippen LogP contribution in [-0.2, 0) is 16.4 Å². The van der Waals surface area contributed by atoms with Crippen LogP contribution in [0.15, 0.2) is 22.7 Å². The Kier molecular flexibility index (Phi) is 7.16. The first kappa shape index (κ1) is 18.5. The van der Waals surface area contributed by atoms with E-state index in [1.54, 1.807) is 0 Å². The molecule has 0 aliphatic heterocycles. The molecule has 0 amide bonds. The van der Waals surface area contributed by atoms with Crippen LogP contribution in [0, 0.1) is 5.92 Å². The maximum Gasteiger partial charge on any atom is 0.149 e. The summed E-state index contributed by atoms with van der Waals surface area (Å²) in [5.74, 6) is 0.795. The molecule has 1 aromatic carbocycles. The molecule has 0 heterocycles. The summed E-state index contributed by atoms with van der Waals surface area (Å²) in [6, 6.07) is 6.14. The highest BCUT2D eigenvalue weighted by atomic mass is 79.9. The van der Waals surface area contributed by atoms with Crippen LogP contribution in [0.5, 0.6) is 0 Å². The molecule has 0 fully saturated rings. The first-order chi connectivity index (χ1) is 9.69. The monoisotopic (exact) mass is 376 g/mol. The third kappa shape index (κ3) is 7.29. The summed E-state index contributed by atoms with van der Waals surface area (Å²) in [5.41, 5.74) is 2.22. The largest absolute Gasteiger partial charge is 0.374 e. The van der Waals surface area contributed by atoms with E-state index in [1.807, 2.05) is 24.1 Å². The summed E-state index contributed by atoms with van der Waals surface area (Å²) in [4.78, 5) is 1.96. The van der Waals surface area contributed by atoms with Gasteiger partial charge in [-0.1, -0.05) is 35.8 Å². The zero-order valence-electron chi connectivity index (χ0n) is 13.2.